The Balaban J connectivity index is 2.66. The minimum Gasteiger partial charge on any atom is -0.450 e. The highest BCUT2D eigenvalue weighted by atomic mass is 16.5. The molecule has 2 amide bonds. The maximum Gasteiger partial charge on any atom is 0.411 e. The number of anilines is 2. The van der Waals surface area contributed by atoms with Crippen molar-refractivity contribution in [1.82, 2.24) is 0 Å². The van der Waals surface area contributed by atoms with E-state index in [1.807, 2.05) is 13.8 Å². The summed E-state index contributed by atoms with van der Waals surface area (Å²) in [6, 6.07) is 6.77. The van der Waals surface area contributed by atoms with E-state index in [4.69, 9.17) is 10.5 Å². The van der Waals surface area contributed by atoms with Crippen LogP contribution in [0.25, 0.3) is 0 Å². The Bertz CT molecular complexity index is 481. The van der Waals surface area contributed by atoms with Gasteiger partial charge in [-0.1, -0.05) is 13.8 Å². The van der Waals surface area contributed by atoms with Gasteiger partial charge in [0.2, 0.25) is 5.91 Å². The van der Waals surface area contributed by atoms with Gasteiger partial charge in [0, 0.05) is 11.4 Å². The van der Waals surface area contributed by atoms with Crippen LogP contribution in [-0.2, 0) is 9.53 Å². The van der Waals surface area contributed by atoms with Gasteiger partial charge in [-0.25, -0.2) is 4.79 Å². The van der Waals surface area contributed by atoms with E-state index in [-0.39, 0.29) is 5.91 Å². The lowest BCUT2D eigenvalue weighted by Crippen LogP contribution is -2.50. The summed E-state index contributed by atoms with van der Waals surface area (Å²) in [6.45, 7) is 5.82. The van der Waals surface area contributed by atoms with Gasteiger partial charge >= 0.3 is 6.09 Å². The van der Waals surface area contributed by atoms with Crippen LogP contribution in [0.2, 0.25) is 0 Å². The highest BCUT2D eigenvalue weighted by Crippen LogP contribution is 2.18. The molecule has 1 aromatic rings. The highest BCUT2D eigenvalue weighted by Gasteiger charge is 2.29. The number of carbonyl (C=O) groups excluding carboxylic acids is 2. The van der Waals surface area contributed by atoms with Crippen molar-refractivity contribution in [1.29, 1.82) is 0 Å². The largest absolute Gasteiger partial charge is 0.450 e. The number of nitrogens with two attached hydrogens (primary N) is 1. The third-order valence-corrected chi connectivity index (χ3v) is 3.38. The van der Waals surface area contributed by atoms with Crippen LogP contribution in [0.4, 0.5) is 16.2 Å². The molecule has 0 radical (unpaired) electrons. The molecule has 6 nitrogen and oxygen atoms in total. The van der Waals surface area contributed by atoms with E-state index >= 15 is 0 Å². The van der Waals surface area contributed by atoms with Crippen LogP contribution >= 0.6 is 0 Å². The van der Waals surface area contributed by atoms with E-state index in [1.165, 1.54) is 0 Å². The molecule has 1 rings (SSSR count). The maximum absolute atomic E-state index is 12.1. The van der Waals surface area contributed by atoms with E-state index in [1.54, 1.807) is 31.2 Å². The molecule has 116 valence electrons. The quantitative estimate of drug-likeness (QED) is 0.751. The number of ether oxygens (including phenoxy) is 1. The lowest BCUT2D eigenvalue weighted by Gasteiger charge is -2.25. The maximum atomic E-state index is 12.1. The fraction of sp³-hybridized carbons (Fsp3) is 0.467. The number of benzene rings is 1. The second-order valence-electron chi connectivity index (χ2n) is 4.74. The molecule has 0 aromatic heterocycles. The summed E-state index contributed by atoms with van der Waals surface area (Å²) in [5.74, 6) is -0.210. The molecule has 1 aromatic carbocycles. The van der Waals surface area contributed by atoms with Crippen LogP contribution in [0.15, 0.2) is 24.3 Å². The van der Waals surface area contributed by atoms with Gasteiger partial charge in [0.15, 0.2) is 0 Å². The third kappa shape index (κ3) is 4.75. The van der Waals surface area contributed by atoms with Gasteiger partial charge in [-0.3, -0.25) is 10.1 Å². The van der Waals surface area contributed by atoms with Gasteiger partial charge in [-0.2, -0.15) is 0 Å². The summed E-state index contributed by atoms with van der Waals surface area (Å²) in [7, 11) is 0. The Morgan fingerprint density at radius 2 is 1.52 bits per heavy atom. The van der Waals surface area contributed by atoms with Crippen LogP contribution < -0.4 is 16.4 Å². The molecular weight excluding hydrogens is 270 g/mol. The second kappa shape index (κ2) is 7.64. The molecule has 0 unspecified atom stereocenters. The van der Waals surface area contributed by atoms with Crippen LogP contribution in [0.3, 0.4) is 0 Å². The molecule has 0 aliphatic rings. The normalized spacial score (nSPS) is 10.9. The molecule has 0 aliphatic heterocycles. The summed E-state index contributed by atoms with van der Waals surface area (Å²) in [6.07, 6.45) is 0.627. The van der Waals surface area contributed by atoms with Crippen molar-refractivity contribution >= 4 is 23.4 Å². The fourth-order valence-corrected chi connectivity index (χ4v) is 1.75. The monoisotopic (exact) mass is 293 g/mol. The molecule has 21 heavy (non-hydrogen) atoms. The first-order valence-corrected chi connectivity index (χ1v) is 7.09. The van der Waals surface area contributed by atoms with Crippen molar-refractivity contribution in [2.24, 2.45) is 5.73 Å². The Morgan fingerprint density at radius 3 is 1.95 bits per heavy atom. The van der Waals surface area contributed by atoms with Gasteiger partial charge < -0.3 is 15.8 Å². The van der Waals surface area contributed by atoms with Crippen LogP contribution in [0, 0.1) is 0 Å². The number of hydrogen-bond donors (Lipinski definition) is 3. The number of hydrogen-bond acceptors (Lipinski definition) is 4. The number of nitrogens with one attached hydrogen (secondary N) is 2. The number of rotatable bonds is 6. The Morgan fingerprint density at radius 1 is 1.05 bits per heavy atom. The van der Waals surface area contributed by atoms with Crippen molar-refractivity contribution < 1.29 is 14.3 Å². The number of amides is 2. The van der Waals surface area contributed by atoms with Crippen molar-refractivity contribution in [3.63, 3.8) is 0 Å². The molecule has 0 bridgehead atoms. The van der Waals surface area contributed by atoms with Gasteiger partial charge in [0.1, 0.15) is 0 Å². The Hall–Kier alpha value is -2.08. The lowest BCUT2D eigenvalue weighted by molar-refractivity contribution is -0.121. The summed E-state index contributed by atoms with van der Waals surface area (Å²) in [5.41, 5.74) is 6.40. The first-order chi connectivity index (χ1) is 9.95. The first-order valence-electron chi connectivity index (χ1n) is 7.09. The topological polar surface area (TPSA) is 93.5 Å². The summed E-state index contributed by atoms with van der Waals surface area (Å²) in [4.78, 5) is 23.4. The van der Waals surface area contributed by atoms with E-state index in [2.05, 4.69) is 10.6 Å². The molecule has 0 fully saturated rings. The van der Waals surface area contributed by atoms with Gasteiger partial charge in [0.05, 0.1) is 12.1 Å². The van der Waals surface area contributed by atoms with Gasteiger partial charge in [-0.05, 0) is 44.0 Å². The van der Waals surface area contributed by atoms with Crippen LogP contribution in [-0.4, -0.2) is 24.1 Å². The molecule has 0 saturated heterocycles. The Kier molecular flexibility index (Phi) is 6.17. The van der Waals surface area contributed by atoms with E-state index in [0.29, 0.717) is 30.8 Å². The van der Waals surface area contributed by atoms with Crippen molar-refractivity contribution in [2.75, 3.05) is 17.2 Å². The van der Waals surface area contributed by atoms with Gasteiger partial charge in [0.25, 0.3) is 0 Å². The second-order valence-corrected chi connectivity index (χ2v) is 4.74. The summed E-state index contributed by atoms with van der Waals surface area (Å²) in [5, 5.41) is 5.36. The molecule has 0 spiro atoms. The molecule has 0 atom stereocenters. The van der Waals surface area contributed by atoms with E-state index < -0.39 is 11.6 Å². The highest BCUT2D eigenvalue weighted by molar-refractivity contribution is 5.98. The zero-order valence-electron chi connectivity index (χ0n) is 12.7. The summed E-state index contributed by atoms with van der Waals surface area (Å²) >= 11 is 0. The smallest absolute Gasteiger partial charge is 0.411 e. The minimum absolute atomic E-state index is 0.210. The predicted octanol–water partition coefficient (Wildman–Crippen LogP) is 2.71. The lowest BCUT2D eigenvalue weighted by atomic mass is 9.93. The average Bonchev–Trinajstić information content (AvgIpc) is 2.48. The molecule has 0 saturated carbocycles. The molecule has 0 heterocycles. The number of carbonyl (C=O) groups is 2. The molecule has 4 N–H and O–H groups in total. The Labute approximate surface area is 125 Å². The molecular formula is C15H23N3O3. The van der Waals surface area contributed by atoms with Gasteiger partial charge in [-0.15, -0.1) is 0 Å². The van der Waals surface area contributed by atoms with Crippen LogP contribution in [0.1, 0.15) is 33.6 Å². The zero-order valence-corrected chi connectivity index (χ0v) is 12.7. The SMILES string of the molecule is CCOC(=O)Nc1ccc(NC(=O)C(N)(CC)CC)cc1. The van der Waals surface area contributed by atoms with E-state index in [0.717, 1.165) is 0 Å². The van der Waals surface area contributed by atoms with Crippen molar-refractivity contribution in [2.45, 2.75) is 39.2 Å². The molecule has 0 aliphatic carbocycles. The van der Waals surface area contributed by atoms with E-state index in [9.17, 15) is 9.59 Å². The van der Waals surface area contributed by atoms with Crippen molar-refractivity contribution in [3.05, 3.63) is 24.3 Å². The third-order valence-electron chi connectivity index (χ3n) is 3.38. The first kappa shape index (κ1) is 17.0. The minimum atomic E-state index is -0.859. The standard InChI is InChI=1S/C15H23N3O3/c1-4-15(16,5-2)13(19)17-11-7-9-12(10-8-11)18-14(20)21-6-3/h7-10H,4-6,16H2,1-3H3,(H,17,19)(H,18,20). The van der Waals surface area contributed by atoms with Crippen LogP contribution in [0.5, 0.6) is 0 Å². The zero-order chi connectivity index (χ0) is 15.9. The molecule has 6 heteroatoms. The summed E-state index contributed by atoms with van der Waals surface area (Å²) < 4.78 is 4.78. The average molecular weight is 293 g/mol. The fourth-order valence-electron chi connectivity index (χ4n) is 1.75. The predicted molar refractivity (Wildman–Crippen MR) is 83.2 cm³/mol. The van der Waals surface area contributed by atoms with Crippen molar-refractivity contribution in [3.8, 4) is 0 Å².